The first-order valence-electron chi connectivity index (χ1n) is 8.48. The number of amides is 1. The fourth-order valence-electron chi connectivity index (χ4n) is 3.30. The first-order valence-corrected chi connectivity index (χ1v) is 9.29. The predicted molar refractivity (Wildman–Crippen MR) is 104 cm³/mol. The summed E-state index contributed by atoms with van der Waals surface area (Å²) in [7, 11) is 1.32. The van der Waals surface area contributed by atoms with Crippen LogP contribution in [0.4, 0.5) is 10.7 Å². The quantitative estimate of drug-likeness (QED) is 0.516. The smallest absolute Gasteiger partial charge is 0.337 e. The molecule has 0 saturated heterocycles. The second kappa shape index (κ2) is 6.97. The van der Waals surface area contributed by atoms with Crippen LogP contribution in [-0.4, -0.2) is 24.8 Å². The minimum absolute atomic E-state index is 0.159. The van der Waals surface area contributed by atoms with Crippen molar-refractivity contribution in [2.24, 2.45) is 0 Å². The van der Waals surface area contributed by atoms with E-state index in [4.69, 9.17) is 14.9 Å². The van der Waals surface area contributed by atoms with E-state index < -0.39 is 5.97 Å². The van der Waals surface area contributed by atoms with Crippen molar-refractivity contribution in [2.75, 3.05) is 18.2 Å². The Bertz CT molecular complexity index is 1070. The molecule has 0 bridgehead atoms. The third-order valence-corrected chi connectivity index (χ3v) is 5.80. The van der Waals surface area contributed by atoms with Gasteiger partial charge in [-0.1, -0.05) is 12.1 Å². The number of thiophene rings is 1. The van der Waals surface area contributed by atoms with Gasteiger partial charge < -0.3 is 20.2 Å². The number of nitrogens with one attached hydrogen (secondary N) is 1. The van der Waals surface area contributed by atoms with Crippen molar-refractivity contribution >= 4 is 39.7 Å². The summed E-state index contributed by atoms with van der Waals surface area (Å²) in [6.07, 6.45) is 1.62. The standard InChI is InChI=1S/C20H16N2O5S/c1-26-20(25)11-6-4-10(5-7-11)12-9-14(23)22-19-15(12)16(21)18(28-19)17(24)13-3-2-8-27-13/h2-8,12H,9,21H2,1H3,(H,22,23). The summed E-state index contributed by atoms with van der Waals surface area (Å²) in [4.78, 5) is 36.9. The number of anilines is 2. The highest BCUT2D eigenvalue weighted by molar-refractivity contribution is 7.19. The highest BCUT2D eigenvalue weighted by Crippen LogP contribution is 2.47. The van der Waals surface area contributed by atoms with Crippen LogP contribution in [0, 0.1) is 0 Å². The molecule has 7 nitrogen and oxygen atoms in total. The van der Waals surface area contributed by atoms with Crippen LogP contribution >= 0.6 is 11.3 Å². The van der Waals surface area contributed by atoms with Crippen molar-refractivity contribution in [1.29, 1.82) is 0 Å². The number of fused-ring (bicyclic) bond motifs is 1. The highest BCUT2D eigenvalue weighted by Gasteiger charge is 2.34. The Balaban J connectivity index is 1.75. The van der Waals surface area contributed by atoms with Gasteiger partial charge in [-0.15, -0.1) is 11.3 Å². The molecular weight excluding hydrogens is 380 g/mol. The van der Waals surface area contributed by atoms with E-state index >= 15 is 0 Å². The van der Waals surface area contributed by atoms with Crippen molar-refractivity contribution in [2.45, 2.75) is 12.3 Å². The van der Waals surface area contributed by atoms with Gasteiger partial charge in [0.25, 0.3) is 0 Å². The Morgan fingerprint density at radius 2 is 2.00 bits per heavy atom. The number of ether oxygens (including phenoxy) is 1. The van der Waals surface area contributed by atoms with E-state index in [2.05, 4.69) is 5.32 Å². The number of benzene rings is 1. The number of esters is 1. The van der Waals surface area contributed by atoms with Crippen molar-refractivity contribution in [3.63, 3.8) is 0 Å². The molecule has 3 N–H and O–H groups in total. The molecule has 1 atom stereocenters. The van der Waals surface area contributed by atoms with E-state index in [1.807, 2.05) is 0 Å². The van der Waals surface area contributed by atoms with Gasteiger partial charge in [0.1, 0.15) is 9.88 Å². The zero-order valence-electron chi connectivity index (χ0n) is 14.9. The molecule has 1 amide bonds. The van der Waals surface area contributed by atoms with Gasteiger partial charge in [0.05, 0.1) is 24.6 Å². The van der Waals surface area contributed by atoms with E-state index in [1.165, 1.54) is 13.4 Å². The van der Waals surface area contributed by atoms with E-state index in [0.29, 0.717) is 26.7 Å². The maximum absolute atomic E-state index is 12.7. The largest absolute Gasteiger partial charge is 0.465 e. The molecule has 28 heavy (non-hydrogen) atoms. The van der Waals surface area contributed by atoms with Crippen LogP contribution in [-0.2, 0) is 9.53 Å². The molecule has 0 radical (unpaired) electrons. The third-order valence-electron chi connectivity index (χ3n) is 4.66. The maximum Gasteiger partial charge on any atom is 0.337 e. The van der Waals surface area contributed by atoms with Gasteiger partial charge in [-0.3, -0.25) is 9.59 Å². The van der Waals surface area contributed by atoms with Crippen LogP contribution in [0.5, 0.6) is 0 Å². The first kappa shape index (κ1) is 18.0. The molecule has 0 fully saturated rings. The van der Waals surface area contributed by atoms with Gasteiger partial charge in [0.15, 0.2) is 5.76 Å². The Hall–Kier alpha value is -3.39. The maximum atomic E-state index is 12.7. The monoisotopic (exact) mass is 396 g/mol. The van der Waals surface area contributed by atoms with E-state index in [0.717, 1.165) is 16.9 Å². The molecule has 0 spiro atoms. The number of carbonyl (C=O) groups excluding carboxylic acids is 3. The Morgan fingerprint density at radius 1 is 1.25 bits per heavy atom. The number of ketones is 1. The van der Waals surface area contributed by atoms with Crippen LogP contribution in [0.3, 0.4) is 0 Å². The summed E-state index contributed by atoms with van der Waals surface area (Å²) in [6, 6.07) is 10.0. The minimum atomic E-state index is -0.435. The zero-order chi connectivity index (χ0) is 19.8. The van der Waals surface area contributed by atoms with Crippen LogP contribution < -0.4 is 11.1 Å². The molecule has 142 valence electrons. The van der Waals surface area contributed by atoms with Crippen molar-refractivity contribution in [3.05, 3.63) is 70.0 Å². The fraction of sp³-hybridized carbons (Fsp3) is 0.150. The zero-order valence-corrected chi connectivity index (χ0v) is 15.7. The number of rotatable bonds is 4. The first-order chi connectivity index (χ1) is 13.5. The lowest BCUT2D eigenvalue weighted by Gasteiger charge is -2.24. The van der Waals surface area contributed by atoms with Crippen LogP contribution in [0.2, 0.25) is 0 Å². The van der Waals surface area contributed by atoms with Gasteiger partial charge >= 0.3 is 5.97 Å². The number of nitrogen functional groups attached to an aromatic ring is 1. The van der Waals surface area contributed by atoms with Crippen molar-refractivity contribution in [1.82, 2.24) is 0 Å². The third kappa shape index (κ3) is 2.97. The number of furan rings is 1. The minimum Gasteiger partial charge on any atom is -0.465 e. The van der Waals surface area contributed by atoms with Crippen molar-refractivity contribution < 1.29 is 23.5 Å². The molecule has 0 saturated carbocycles. The Kier molecular flexibility index (Phi) is 4.48. The summed E-state index contributed by atoms with van der Waals surface area (Å²) in [5.74, 6) is -1.04. The molecule has 4 rings (SSSR count). The fourth-order valence-corrected chi connectivity index (χ4v) is 4.45. The van der Waals surface area contributed by atoms with Gasteiger partial charge in [0.2, 0.25) is 11.7 Å². The Labute approximate surface area is 164 Å². The van der Waals surface area contributed by atoms with Crippen molar-refractivity contribution in [3.8, 4) is 0 Å². The second-order valence-electron chi connectivity index (χ2n) is 6.31. The summed E-state index contributed by atoms with van der Waals surface area (Å²) in [5.41, 5.74) is 8.62. The molecule has 1 unspecified atom stereocenters. The number of nitrogens with two attached hydrogens (primary N) is 1. The molecule has 3 aromatic rings. The lowest BCUT2D eigenvalue weighted by molar-refractivity contribution is -0.116. The molecule has 3 heterocycles. The van der Waals surface area contributed by atoms with Gasteiger partial charge in [-0.25, -0.2) is 4.79 Å². The average molecular weight is 396 g/mol. The molecule has 2 aromatic heterocycles. The number of methoxy groups -OCH3 is 1. The lowest BCUT2D eigenvalue weighted by Crippen LogP contribution is -2.22. The molecule has 0 aliphatic carbocycles. The normalized spacial score (nSPS) is 15.6. The van der Waals surface area contributed by atoms with Crippen LogP contribution in [0.25, 0.3) is 0 Å². The molecule has 1 aromatic carbocycles. The lowest BCUT2D eigenvalue weighted by atomic mass is 9.85. The van der Waals surface area contributed by atoms with Gasteiger partial charge in [-0.2, -0.15) is 0 Å². The second-order valence-corrected chi connectivity index (χ2v) is 7.33. The summed E-state index contributed by atoms with van der Waals surface area (Å²) >= 11 is 1.14. The summed E-state index contributed by atoms with van der Waals surface area (Å²) < 4.78 is 9.90. The van der Waals surface area contributed by atoms with E-state index in [1.54, 1.807) is 36.4 Å². The Morgan fingerprint density at radius 3 is 2.64 bits per heavy atom. The van der Waals surface area contributed by atoms with E-state index in [9.17, 15) is 14.4 Å². The van der Waals surface area contributed by atoms with Gasteiger partial charge in [0, 0.05) is 17.9 Å². The summed E-state index contributed by atoms with van der Waals surface area (Å²) in [5, 5.41) is 3.36. The molecule has 8 heteroatoms. The number of hydrogen-bond acceptors (Lipinski definition) is 7. The highest BCUT2D eigenvalue weighted by atomic mass is 32.1. The van der Waals surface area contributed by atoms with Crippen LogP contribution in [0.15, 0.2) is 47.1 Å². The predicted octanol–water partition coefficient (Wildman–Crippen LogP) is 3.42. The molecular formula is C20H16N2O5S. The van der Waals surface area contributed by atoms with Gasteiger partial charge in [-0.05, 0) is 29.8 Å². The topological polar surface area (TPSA) is 112 Å². The molecule has 1 aliphatic rings. The number of hydrogen-bond donors (Lipinski definition) is 2. The number of carbonyl (C=O) groups is 3. The SMILES string of the molecule is COC(=O)c1ccc(C2CC(=O)Nc3sc(C(=O)c4ccco4)c(N)c32)cc1. The summed E-state index contributed by atoms with van der Waals surface area (Å²) in [6.45, 7) is 0. The molecule has 1 aliphatic heterocycles. The average Bonchev–Trinajstić information content (AvgIpc) is 3.35. The van der Waals surface area contributed by atoms with E-state index in [-0.39, 0.29) is 29.8 Å². The van der Waals surface area contributed by atoms with Crippen LogP contribution in [0.1, 0.15) is 49.3 Å².